The normalized spacial score (nSPS) is 12.2. The van der Waals surface area contributed by atoms with Gasteiger partial charge in [-0.25, -0.2) is 0 Å². The third-order valence-corrected chi connectivity index (χ3v) is 3.24. The molecule has 2 aromatic rings. The van der Waals surface area contributed by atoms with Crippen molar-refractivity contribution in [2.75, 3.05) is 6.54 Å². The summed E-state index contributed by atoms with van der Waals surface area (Å²) in [5.41, 5.74) is 7.30. The van der Waals surface area contributed by atoms with E-state index in [2.05, 4.69) is 0 Å². The second kappa shape index (κ2) is 6.00. The van der Waals surface area contributed by atoms with E-state index in [1.807, 2.05) is 0 Å². The molecule has 6 heteroatoms. The lowest BCUT2D eigenvalue weighted by Gasteiger charge is -2.14. The van der Waals surface area contributed by atoms with Crippen molar-refractivity contribution in [1.29, 1.82) is 0 Å². The van der Waals surface area contributed by atoms with E-state index in [0.717, 1.165) is 5.56 Å². The van der Waals surface area contributed by atoms with Crippen LogP contribution in [0.2, 0.25) is 5.02 Å². The van der Waals surface area contributed by atoms with Crippen LogP contribution in [0.25, 0.3) is 11.1 Å². The van der Waals surface area contributed by atoms with Crippen LogP contribution in [0.4, 0.5) is 5.69 Å². The minimum absolute atomic E-state index is 0.0390. The number of halogens is 1. The summed E-state index contributed by atoms with van der Waals surface area (Å²) in [6, 6.07) is 11.2. The van der Waals surface area contributed by atoms with Crippen LogP contribution in [-0.2, 0) is 0 Å². The lowest BCUT2D eigenvalue weighted by molar-refractivity contribution is -0.384. The van der Waals surface area contributed by atoms with Crippen molar-refractivity contribution < 1.29 is 10.0 Å². The van der Waals surface area contributed by atoms with Gasteiger partial charge in [0.15, 0.2) is 0 Å². The molecule has 0 aromatic heterocycles. The Kier molecular flexibility index (Phi) is 4.34. The number of nitrogens with zero attached hydrogens (tertiary/aromatic N) is 1. The van der Waals surface area contributed by atoms with Gasteiger partial charge in [0, 0.05) is 23.7 Å². The highest BCUT2D eigenvalue weighted by Crippen LogP contribution is 2.32. The van der Waals surface area contributed by atoms with E-state index in [1.54, 1.807) is 24.3 Å². The highest BCUT2D eigenvalue weighted by Gasteiger charge is 2.16. The highest BCUT2D eigenvalue weighted by molar-refractivity contribution is 6.30. The van der Waals surface area contributed by atoms with E-state index in [1.165, 1.54) is 18.2 Å². The zero-order chi connectivity index (χ0) is 14.7. The van der Waals surface area contributed by atoms with Gasteiger partial charge in [-0.15, -0.1) is 0 Å². The van der Waals surface area contributed by atoms with Crippen LogP contribution in [0.3, 0.4) is 0 Å². The molecular weight excluding hydrogens is 280 g/mol. The molecule has 104 valence electrons. The number of aliphatic hydroxyl groups is 1. The second-order valence-electron chi connectivity index (χ2n) is 4.29. The summed E-state index contributed by atoms with van der Waals surface area (Å²) in [6.07, 6.45) is -0.874. The van der Waals surface area contributed by atoms with Crippen LogP contribution >= 0.6 is 11.6 Å². The Morgan fingerprint density at radius 2 is 1.90 bits per heavy atom. The lowest BCUT2D eigenvalue weighted by atomic mass is 9.95. The van der Waals surface area contributed by atoms with Crippen molar-refractivity contribution in [3.05, 3.63) is 63.2 Å². The van der Waals surface area contributed by atoms with Crippen LogP contribution in [0.15, 0.2) is 42.5 Å². The second-order valence-corrected chi connectivity index (χ2v) is 4.72. The van der Waals surface area contributed by atoms with Crippen molar-refractivity contribution >= 4 is 17.3 Å². The summed E-state index contributed by atoms with van der Waals surface area (Å²) in [4.78, 5) is 10.4. The molecule has 0 aliphatic carbocycles. The molecule has 0 heterocycles. The quantitative estimate of drug-likeness (QED) is 0.670. The van der Waals surface area contributed by atoms with Gasteiger partial charge in [-0.1, -0.05) is 23.7 Å². The minimum atomic E-state index is -0.874. The maximum atomic E-state index is 10.9. The summed E-state index contributed by atoms with van der Waals surface area (Å²) >= 11 is 5.83. The molecule has 0 amide bonds. The first-order valence-electron chi connectivity index (χ1n) is 5.95. The summed E-state index contributed by atoms with van der Waals surface area (Å²) < 4.78 is 0. The molecule has 1 unspecified atom stereocenters. The molecule has 0 fully saturated rings. The molecule has 20 heavy (non-hydrogen) atoms. The van der Waals surface area contributed by atoms with Gasteiger partial charge in [0.05, 0.1) is 11.0 Å². The van der Waals surface area contributed by atoms with E-state index in [-0.39, 0.29) is 12.2 Å². The smallest absolute Gasteiger partial charge is 0.270 e. The molecule has 0 radical (unpaired) electrons. The topological polar surface area (TPSA) is 89.4 Å². The number of hydrogen-bond donors (Lipinski definition) is 2. The zero-order valence-corrected chi connectivity index (χ0v) is 11.2. The van der Waals surface area contributed by atoms with Gasteiger partial charge >= 0.3 is 0 Å². The molecule has 0 saturated heterocycles. The van der Waals surface area contributed by atoms with E-state index in [4.69, 9.17) is 17.3 Å². The standard InChI is InChI=1S/C14H13ClN2O3/c15-10-3-1-9(2-4-10)13-7-11(17(19)20)5-6-12(13)14(18)8-16/h1-7,14,18H,8,16H2. The van der Waals surface area contributed by atoms with Crippen molar-refractivity contribution in [2.24, 2.45) is 5.73 Å². The number of nitrogens with two attached hydrogens (primary N) is 1. The molecular formula is C14H13ClN2O3. The molecule has 1 atom stereocenters. The SMILES string of the molecule is NCC(O)c1ccc([N+](=O)[O-])cc1-c1ccc(Cl)cc1. The summed E-state index contributed by atoms with van der Waals surface area (Å²) in [5, 5.41) is 21.4. The van der Waals surface area contributed by atoms with Gasteiger partial charge in [0.25, 0.3) is 5.69 Å². The molecule has 2 rings (SSSR count). The summed E-state index contributed by atoms with van der Waals surface area (Å²) in [7, 11) is 0. The van der Waals surface area contributed by atoms with E-state index in [0.29, 0.717) is 16.1 Å². The van der Waals surface area contributed by atoms with Gasteiger partial charge in [0.2, 0.25) is 0 Å². The van der Waals surface area contributed by atoms with Gasteiger partial charge in [-0.2, -0.15) is 0 Å². The Labute approximate surface area is 120 Å². The van der Waals surface area contributed by atoms with Crippen LogP contribution in [-0.4, -0.2) is 16.6 Å². The highest BCUT2D eigenvalue weighted by atomic mass is 35.5. The van der Waals surface area contributed by atoms with Gasteiger partial charge in [-0.05, 0) is 34.9 Å². The Morgan fingerprint density at radius 1 is 1.25 bits per heavy atom. The summed E-state index contributed by atoms with van der Waals surface area (Å²) in [5.74, 6) is 0. The molecule has 5 nitrogen and oxygen atoms in total. The predicted octanol–water partition coefficient (Wildman–Crippen LogP) is 2.91. The maximum Gasteiger partial charge on any atom is 0.270 e. The average molecular weight is 293 g/mol. The number of aliphatic hydroxyl groups excluding tert-OH is 1. The van der Waals surface area contributed by atoms with Gasteiger partial charge < -0.3 is 10.8 Å². The van der Waals surface area contributed by atoms with Crippen LogP contribution in [0, 0.1) is 10.1 Å². The monoisotopic (exact) mass is 292 g/mol. The molecule has 0 bridgehead atoms. The number of non-ortho nitro benzene ring substituents is 1. The number of rotatable bonds is 4. The van der Waals surface area contributed by atoms with Crippen LogP contribution < -0.4 is 5.73 Å². The molecule has 0 saturated carbocycles. The first kappa shape index (κ1) is 14.5. The van der Waals surface area contributed by atoms with Crippen molar-refractivity contribution in [1.82, 2.24) is 0 Å². The predicted molar refractivity (Wildman–Crippen MR) is 77.6 cm³/mol. The van der Waals surface area contributed by atoms with Gasteiger partial charge in [-0.3, -0.25) is 10.1 Å². The maximum absolute atomic E-state index is 10.9. The van der Waals surface area contributed by atoms with E-state index >= 15 is 0 Å². The molecule has 0 aliphatic heterocycles. The first-order valence-corrected chi connectivity index (χ1v) is 6.33. The molecule has 0 aliphatic rings. The minimum Gasteiger partial charge on any atom is -0.387 e. The molecule has 0 spiro atoms. The third-order valence-electron chi connectivity index (χ3n) is 2.99. The number of hydrogen-bond acceptors (Lipinski definition) is 4. The van der Waals surface area contributed by atoms with E-state index in [9.17, 15) is 15.2 Å². The Bertz CT molecular complexity index is 629. The Balaban J connectivity index is 2.59. The Hall–Kier alpha value is -1.95. The number of nitro benzene ring substituents is 1. The number of nitro groups is 1. The fraction of sp³-hybridized carbons (Fsp3) is 0.143. The average Bonchev–Trinajstić information content (AvgIpc) is 2.46. The van der Waals surface area contributed by atoms with Crippen molar-refractivity contribution in [2.45, 2.75) is 6.10 Å². The van der Waals surface area contributed by atoms with Crippen molar-refractivity contribution in [3.8, 4) is 11.1 Å². The van der Waals surface area contributed by atoms with Crippen LogP contribution in [0.1, 0.15) is 11.7 Å². The van der Waals surface area contributed by atoms with Gasteiger partial charge in [0.1, 0.15) is 0 Å². The lowest BCUT2D eigenvalue weighted by Crippen LogP contribution is -2.12. The van der Waals surface area contributed by atoms with Crippen LogP contribution in [0.5, 0.6) is 0 Å². The molecule has 2 aromatic carbocycles. The number of benzene rings is 2. The first-order chi connectivity index (χ1) is 9.52. The van der Waals surface area contributed by atoms with Crippen molar-refractivity contribution in [3.63, 3.8) is 0 Å². The summed E-state index contributed by atoms with van der Waals surface area (Å²) in [6.45, 7) is 0.0401. The Morgan fingerprint density at radius 3 is 2.45 bits per heavy atom. The fourth-order valence-electron chi connectivity index (χ4n) is 1.95. The third kappa shape index (κ3) is 2.96. The molecule has 3 N–H and O–H groups in total. The fourth-order valence-corrected chi connectivity index (χ4v) is 2.08. The van der Waals surface area contributed by atoms with E-state index < -0.39 is 11.0 Å². The largest absolute Gasteiger partial charge is 0.387 e. The zero-order valence-electron chi connectivity index (χ0n) is 10.5.